The van der Waals surface area contributed by atoms with Gasteiger partial charge in [0.15, 0.2) is 0 Å². The maximum absolute atomic E-state index is 10.9. The van der Waals surface area contributed by atoms with Gasteiger partial charge < -0.3 is 0 Å². The lowest BCUT2D eigenvalue weighted by atomic mass is 10.4. The van der Waals surface area contributed by atoms with Crippen LogP contribution in [0.1, 0.15) is 5.56 Å². The molecule has 1 N–H and O–H groups in total. The maximum atomic E-state index is 10.9. The van der Waals surface area contributed by atoms with E-state index in [0.29, 0.717) is 10.4 Å². The van der Waals surface area contributed by atoms with Crippen molar-refractivity contribution in [3.63, 3.8) is 0 Å². The Morgan fingerprint density at radius 2 is 2.38 bits per heavy atom. The molecule has 2 aromatic rings. The highest BCUT2D eigenvalue weighted by Crippen LogP contribution is 1.99. The fourth-order valence-electron chi connectivity index (χ4n) is 1.07. The highest BCUT2D eigenvalue weighted by Gasteiger charge is 1.95. The van der Waals surface area contributed by atoms with Gasteiger partial charge in [-0.25, -0.2) is 4.98 Å². The summed E-state index contributed by atoms with van der Waals surface area (Å²) in [6.07, 6.45) is 3.49. The van der Waals surface area contributed by atoms with Gasteiger partial charge in [-0.1, -0.05) is 12.2 Å². The van der Waals surface area contributed by atoms with Crippen LogP contribution in [0, 0.1) is 11.6 Å². The molecule has 0 unspecified atom stereocenters. The quantitative estimate of drug-likeness (QED) is 0.636. The Kier molecular flexibility index (Phi) is 1.73. The van der Waals surface area contributed by atoms with Gasteiger partial charge in [-0.3, -0.25) is 14.2 Å². The summed E-state index contributed by atoms with van der Waals surface area (Å²) < 4.78 is 2.24. The van der Waals surface area contributed by atoms with Crippen molar-refractivity contribution in [1.29, 1.82) is 0 Å². The van der Waals surface area contributed by atoms with Crippen molar-refractivity contribution in [2.75, 3.05) is 0 Å². The van der Waals surface area contributed by atoms with Gasteiger partial charge in [-0.15, -0.1) is 0 Å². The molecule has 0 aliphatic heterocycles. The number of hydrogen-bond acceptors (Lipinski definition) is 3. The largest absolute Gasteiger partial charge is 0.294 e. The van der Waals surface area contributed by atoms with Gasteiger partial charge in [-0.2, -0.15) is 0 Å². The number of hydrogen-bond donors (Lipinski definition) is 1. The Bertz CT molecular complexity index is 569. The van der Waals surface area contributed by atoms with Crippen molar-refractivity contribution in [3.8, 4) is 0 Å². The molecule has 4 nitrogen and oxygen atoms in total. The van der Waals surface area contributed by atoms with E-state index in [1.54, 1.807) is 10.6 Å². The lowest BCUT2D eigenvalue weighted by Crippen LogP contribution is -2.08. The third-order valence-electron chi connectivity index (χ3n) is 1.74. The lowest BCUT2D eigenvalue weighted by molar-refractivity contribution is 0.994. The average Bonchev–Trinajstić information content (AvgIpc) is 2.08. The number of aromatic amines is 1. The summed E-state index contributed by atoms with van der Waals surface area (Å²) in [6, 6.07) is 1.44. The second-order valence-corrected chi connectivity index (χ2v) is 3.15. The Hall–Kier alpha value is -1.49. The maximum Gasteiger partial charge on any atom is 0.252 e. The van der Waals surface area contributed by atoms with Crippen LogP contribution in [-0.2, 0) is 0 Å². The van der Waals surface area contributed by atoms with Crippen LogP contribution in [0.15, 0.2) is 23.3 Å². The SMILES string of the molecule is Cc1cn2ccc(=O)[nH]c2nc1=S. The number of fused-ring (bicyclic) bond motifs is 1. The third-order valence-corrected chi connectivity index (χ3v) is 2.16. The number of nitrogens with one attached hydrogen (secondary N) is 1. The molecular formula is C8H7N3OS. The predicted molar refractivity (Wildman–Crippen MR) is 51.4 cm³/mol. The van der Waals surface area contributed by atoms with E-state index in [2.05, 4.69) is 9.97 Å². The molecule has 0 spiro atoms. The van der Waals surface area contributed by atoms with Crippen LogP contribution in [0.3, 0.4) is 0 Å². The van der Waals surface area contributed by atoms with E-state index in [0.717, 1.165) is 5.56 Å². The first-order valence-corrected chi connectivity index (χ1v) is 4.16. The topological polar surface area (TPSA) is 50.2 Å². The lowest BCUT2D eigenvalue weighted by Gasteiger charge is -1.99. The highest BCUT2D eigenvalue weighted by molar-refractivity contribution is 7.71. The zero-order valence-electron chi connectivity index (χ0n) is 6.94. The van der Waals surface area contributed by atoms with Gasteiger partial charge >= 0.3 is 0 Å². The van der Waals surface area contributed by atoms with Crippen LogP contribution in [-0.4, -0.2) is 14.4 Å². The first-order chi connectivity index (χ1) is 6.16. The Morgan fingerprint density at radius 1 is 1.62 bits per heavy atom. The monoisotopic (exact) mass is 193 g/mol. The molecule has 2 heterocycles. The van der Waals surface area contributed by atoms with Crippen LogP contribution in [0.4, 0.5) is 0 Å². The van der Waals surface area contributed by atoms with E-state index in [9.17, 15) is 4.79 Å². The normalized spacial score (nSPS) is 10.5. The van der Waals surface area contributed by atoms with Crippen LogP contribution in [0.2, 0.25) is 0 Å². The van der Waals surface area contributed by atoms with Gasteiger partial charge in [0.25, 0.3) is 5.56 Å². The fraction of sp³-hybridized carbons (Fsp3) is 0.125. The summed E-state index contributed by atoms with van der Waals surface area (Å²) in [5.41, 5.74) is 0.741. The molecule has 0 aliphatic carbocycles. The van der Waals surface area contributed by atoms with E-state index in [-0.39, 0.29) is 5.56 Å². The standard InChI is InChI=1S/C8H7N3OS/c1-5-4-11-3-2-6(12)9-8(11)10-7(5)13/h2-4H,1H3,(H,9,10,12,13). The summed E-state index contributed by atoms with van der Waals surface area (Å²) in [6.45, 7) is 1.88. The number of nitrogens with zero attached hydrogens (tertiary/aromatic N) is 2. The minimum absolute atomic E-state index is 0.175. The van der Waals surface area contributed by atoms with Gasteiger partial charge in [0.2, 0.25) is 5.78 Å². The third kappa shape index (κ3) is 1.38. The molecule has 2 rings (SSSR count). The molecule has 0 fully saturated rings. The molecule has 13 heavy (non-hydrogen) atoms. The van der Waals surface area contributed by atoms with Gasteiger partial charge in [0, 0.05) is 24.0 Å². The van der Waals surface area contributed by atoms with Crippen LogP contribution in [0.5, 0.6) is 0 Å². The van der Waals surface area contributed by atoms with Crippen molar-refractivity contribution in [2.45, 2.75) is 6.92 Å². The van der Waals surface area contributed by atoms with E-state index >= 15 is 0 Å². The molecule has 0 aliphatic rings. The summed E-state index contributed by atoms with van der Waals surface area (Å²) in [5.74, 6) is 0.475. The van der Waals surface area contributed by atoms with E-state index in [4.69, 9.17) is 12.2 Å². The molecule has 5 heteroatoms. The van der Waals surface area contributed by atoms with E-state index in [1.807, 2.05) is 13.1 Å². The summed E-state index contributed by atoms with van der Waals surface area (Å²) in [7, 11) is 0. The molecule has 0 saturated heterocycles. The van der Waals surface area contributed by atoms with E-state index in [1.165, 1.54) is 6.07 Å². The molecule has 66 valence electrons. The van der Waals surface area contributed by atoms with Gasteiger partial charge in [0.1, 0.15) is 4.64 Å². The molecule has 0 atom stereocenters. The molecule has 0 bridgehead atoms. The van der Waals surface area contributed by atoms with Crippen molar-refractivity contribution in [1.82, 2.24) is 14.4 Å². The highest BCUT2D eigenvalue weighted by atomic mass is 32.1. The number of rotatable bonds is 0. The average molecular weight is 193 g/mol. The molecule has 0 radical (unpaired) electrons. The molecular weight excluding hydrogens is 186 g/mol. The zero-order chi connectivity index (χ0) is 9.42. The number of H-pyrrole nitrogens is 1. The smallest absolute Gasteiger partial charge is 0.252 e. The predicted octanol–water partition coefficient (Wildman–Crippen LogP) is 1.06. The first-order valence-electron chi connectivity index (χ1n) is 3.76. The minimum atomic E-state index is -0.175. The van der Waals surface area contributed by atoms with Crippen LogP contribution in [0.25, 0.3) is 5.78 Å². The van der Waals surface area contributed by atoms with Crippen LogP contribution < -0.4 is 5.56 Å². The van der Waals surface area contributed by atoms with Gasteiger partial charge in [0.05, 0.1) is 0 Å². The number of aromatic nitrogens is 3. The van der Waals surface area contributed by atoms with Crippen molar-refractivity contribution in [3.05, 3.63) is 39.0 Å². The Balaban J connectivity index is 2.97. The second kappa shape index (κ2) is 2.77. The minimum Gasteiger partial charge on any atom is -0.294 e. The summed E-state index contributed by atoms with van der Waals surface area (Å²) >= 11 is 4.98. The van der Waals surface area contributed by atoms with Crippen molar-refractivity contribution < 1.29 is 0 Å². The van der Waals surface area contributed by atoms with Crippen LogP contribution >= 0.6 is 12.2 Å². The Morgan fingerprint density at radius 3 is 3.15 bits per heavy atom. The number of aryl methyl sites for hydroxylation is 1. The van der Waals surface area contributed by atoms with Crippen molar-refractivity contribution in [2.24, 2.45) is 0 Å². The molecule has 2 aromatic heterocycles. The summed E-state index contributed by atoms with van der Waals surface area (Å²) in [5, 5.41) is 0. The zero-order valence-corrected chi connectivity index (χ0v) is 7.76. The first kappa shape index (κ1) is 8.12. The molecule has 0 saturated carbocycles. The molecule has 0 aromatic carbocycles. The van der Waals surface area contributed by atoms with E-state index < -0.39 is 0 Å². The molecule has 0 amide bonds. The second-order valence-electron chi connectivity index (χ2n) is 2.76. The Labute approximate surface area is 78.9 Å². The van der Waals surface area contributed by atoms with Gasteiger partial charge in [-0.05, 0) is 6.92 Å². The fourth-order valence-corrected chi connectivity index (χ4v) is 1.21. The van der Waals surface area contributed by atoms with Crippen molar-refractivity contribution >= 4 is 18.0 Å². The summed E-state index contributed by atoms with van der Waals surface area (Å²) in [4.78, 5) is 17.6.